The zero-order valence-corrected chi connectivity index (χ0v) is 7.08. The summed E-state index contributed by atoms with van der Waals surface area (Å²) in [6.07, 6.45) is 1.62. The first-order valence-electron chi connectivity index (χ1n) is 3.77. The number of anilines is 2. The molecular formula is C8H13N3O. The van der Waals surface area contributed by atoms with Crippen LogP contribution in [0.5, 0.6) is 0 Å². The Kier molecular flexibility index (Phi) is 3.35. The van der Waals surface area contributed by atoms with Gasteiger partial charge in [0, 0.05) is 13.7 Å². The summed E-state index contributed by atoms with van der Waals surface area (Å²) in [6.45, 7) is 1.43. The van der Waals surface area contributed by atoms with Crippen molar-refractivity contribution in [3.05, 3.63) is 18.3 Å². The second-order valence-electron chi connectivity index (χ2n) is 2.40. The van der Waals surface area contributed by atoms with Gasteiger partial charge in [-0.05, 0) is 12.1 Å². The molecule has 1 heterocycles. The third-order valence-corrected chi connectivity index (χ3v) is 1.40. The predicted molar refractivity (Wildman–Crippen MR) is 49.0 cm³/mol. The smallest absolute Gasteiger partial charge is 0.126 e. The van der Waals surface area contributed by atoms with Gasteiger partial charge in [0.1, 0.15) is 5.82 Å². The van der Waals surface area contributed by atoms with Crippen molar-refractivity contribution in [2.24, 2.45) is 0 Å². The van der Waals surface area contributed by atoms with Gasteiger partial charge in [0.25, 0.3) is 0 Å². The molecule has 0 spiro atoms. The normalized spacial score (nSPS) is 9.75. The molecule has 0 aromatic carbocycles. The first-order valence-corrected chi connectivity index (χ1v) is 3.77. The molecule has 1 aromatic rings. The Morgan fingerprint density at radius 3 is 3.00 bits per heavy atom. The van der Waals surface area contributed by atoms with Crippen LogP contribution in [0.4, 0.5) is 11.5 Å². The van der Waals surface area contributed by atoms with Crippen molar-refractivity contribution in [1.82, 2.24) is 4.98 Å². The van der Waals surface area contributed by atoms with E-state index in [2.05, 4.69) is 10.3 Å². The third kappa shape index (κ3) is 2.75. The van der Waals surface area contributed by atoms with Gasteiger partial charge in [-0.2, -0.15) is 0 Å². The lowest BCUT2D eigenvalue weighted by Gasteiger charge is -2.03. The average molecular weight is 167 g/mol. The number of ether oxygens (including phenoxy) is 1. The van der Waals surface area contributed by atoms with E-state index in [1.807, 2.05) is 12.1 Å². The van der Waals surface area contributed by atoms with Crippen molar-refractivity contribution in [1.29, 1.82) is 0 Å². The second-order valence-corrected chi connectivity index (χ2v) is 2.40. The van der Waals surface area contributed by atoms with Gasteiger partial charge in [0.2, 0.25) is 0 Å². The molecule has 0 aliphatic rings. The lowest BCUT2D eigenvalue weighted by molar-refractivity contribution is 0.210. The summed E-state index contributed by atoms with van der Waals surface area (Å²) in [6, 6.07) is 3.65. The Morgan fingerprint density at radius 1 is 1.58 bits per heavy atom. The van der Waals surface area contributed by atoms with E-state index in [4.69, 9.17) is 10.5 Å². The fourth-order valence-electron chi connectivity index (χ4n) is 0.791. The molecule has 1 rings (SSSR count). The number of hydrogen-bond acceptors (Lipinski definition) is 4. The highest BCUT2D eigenvalue weighted by atomic mass is 16.5. The molecule has 0 saturated carbocycles. The molecule has 0 fully saturated rings. The van der Waals surface area contributed by atoms with E-state index in [-0.39, 0.29) is 0 Å². The minimum Gasteiger partial charge on any atom is -0.397 e. The summed E-state index contributed by atoms with van der Waals surface area (Å²) >= 11 is 0. The molecule has 66 valence electrons. The van der Waals surface area contributed by atoms with Gasteiger partial charge in [-0.1, -0.05) is 0 Å². The quantitative estimate of drug-likeness (QED) is 0.649. The molecule has 0 aliphatic carbocycles. The van der Waals surface area contributed by atoms with E-state index in [0.717, 1.165) is 12.4 Å². The van der Waals surface area contributed by atoms with Crippen LogP contribution in [0.1, 0.15) is 0 Å². The summed E-state index contributed by atoms with van der Waals surface area (Å²) in [4.78, 5) is 4.06. The van der Waals surface area contributed by atoms with E-state index in [9.17, 15) is 0 Å². The number of methoxy groups -OCH3 is 1. The van der Waals surface area contributed by atoms with Crippen molar-refractivity contribution in [2.75, 3.05) is 31.3 Å². The van der Waals surface area contributed by atoms with Crippen LogP contribution in [0.2, 0.25) is 0 Å². The second kappa shape index (κ2) is 4.56. The Balaban J connectivity index is 2.37. The van der Waals surface area contributed by atoms with Gasteiger partial charge >= 0.3 is 0 Å². The molecule has 12 heavy (non-hydrogen) atoms. The van der Waals surface area contributed by atoms with Crippen LogP contribution in [0.25, 0.3) is 0 Å². The van der Waals surface area contributed by atoms with Crippen LogP contribution in [0.15, 0.2) is 18.3 Å². The molecule has 0 amide bonds. The summed E-state index contributed by atoms with van der Waals surface area (Å²) in [5, 5.41) is 3.08. The number of aromatic nitrogens is 1. The fourth-order valence-corrected chi connectivity index (χ4v) is 0.791. The zero-order valence-electron chi connectivity index (χ0n) is 7.08. The number of hydrogen-bond donors (Lipinski definition) is 2. The Labute approximate surface area is 71.7 Å². The number of nitrogens with one attached hydrogen (secondary N) is 1. The van der Waals surface area contributed by atoms with Crippen molar-refractivity contribution < 1.29 is 4.74 Å². The van der Waals surface area contributed by atoms with Gasteiger partial charge in [-0.3, -0.25) is 0 Å². The van der Waals surface area contributed by atoms with Crippen LogP contribution in [-0.4, -0.2) is 25.2 Å². The maximum absolute atomic E-state index is 5.47. The molecule has 0 atom stereocenters. The first-order chi connectivity index (χ1) is 5.83. The van der Waals surface area contributed by atoms with Crippen molar-refractivity contribution >= 4 is 11.5 Å². The fraction of sp³-hybridized carbons (Fsp3) is 0.375. The SMILES string of the molecule is COCCNc1ccc(N)cn1. The van der Waals surface area contributed by atoms with Crippen molar-refractivity contribution in [2.45, 2.75) is 0 Å². The van der Waals surface area contributed by atoms with Crippen LogP contribution < -0.4 is 11.1 Å². The summed E-state index contributed by atoms with van der Waals surface area (Å²) in [5.41, 5.74) is 6.14. The summed E-state index contributed by atoms with van der Waals surface area (Å²) in [7, 11) is 1.66. The van der Waals surface area contributed by atoms with Crippen LogP contribution >= 0.6 is 0 Å². The molecule has 1 aromatic heterocycles. The molecule has 0 saturated heterocycles. The van der Waals surface area contributed by atoms with Crippen LogP contribution in [-0.2, 0) is 4.74 Å². The molecular weight excluding hydrogens is 154 g/mol. The number of nitrogen functional groups attached to an aromatic ring is 1. The van der Waals surface area contributed by atoms with Crippen molar-refractivity contribution in [3.8, 4) is 0 Å². The van der Waals surface area contributed by atoms with Gasteiger partial charge in [-0.25, -0.2) is 4.98 Å². The number of pyridine rings is 1. The molecule has 3 N–H and O–H groups in total. The number of nitrogens with two attached hydrogens (primary N) is 1. The van der Waals surface area contributed by atoms with Crippen molar-refractivity contribution in [3.63, 3.8) is 0 Å². The van der Waals surface area contributed by atoms with Crippen LogP contribution in [0, 0.1) is 0 Å². The lowest BCUT2D eigenvalue weighted by atomic mass is 10.4. The highest BCUT2D eigenvalue weighted by molar-refractivity contribution is 5.43. The first kappa shape index (κ1) is 8.80. The van der Waals surface area contributed by atoms with E-state index in [1.54, 1.807) is 13.3 Å². The molecule has 0 bridgehead atoms. The summed E-state index contributed by atoms with van der Waals surface area (Å²) < 4.78 is 4.87. The predicted octanol–water partition coefficient (Wildman–Crippen LogP) is 0.722. The lowest BCUT2D eigenvalue weighted by Crippen LogP contribution is -2.08. The Morgan fingerprint density at radius 2 is 2.42 bits per heavy atom. The van der Waals surface area contributed by atoms with E-state index >= 15 is 0 Å². The molecule has 0 radical (unpaired) electrons. The number of nitrogens with zero attached hydrogens (tertiary/aromatic N) is 1. The van der Waals surface area contributed by atoms with Crippen LogP contribution in [0.3, 0.4) is 0 Å². The molecule has 0 unspecified atom stereocenters. The van der Waals surface area contributed by atoms with Gasteiger partial charge in [-0.15, -0.1) is 0 Å². The van der Waals surface area contributed by atoms with E-state index in [0.29, 0.717) is 12.3 Å². The monoisotopic (exact) mass is 167 g/mol. The highest BCUT2D eigenvalue weighted by Gasteiger charge is 1.90. The zero-order chi connectivity index (χ0) is 8.81. The Hall–Kier alpha value is -1.29. The topological polar surface area (TPSA) is 60.2 Å². The minimum atomic E-state index is 0.673. The number of rotatable bonds is 4. The Bertz CT molecular complexity index is 222. The largest absolute Gasteiger partial charge is 0.397 e. The van der Waals surface area contributed by atoms with E-state index < -0.39 is 0 Å². The van der Waals surface area contributed by atoms with Gasteiger partial charge in [0.15, 0.2) is 0 Å². The highest BCUT2D eigenvalue weighted by Crippen LogP contribution is 2.04. The summed E-state index contributed by atoms with van der Waals surface area (Å²) in [5.74, 6) is 0.821. The standard InChI is InChI=1S/C8H13N3O/c1-12-5-4-10-8-3-2-7(9)6-11-8/h2-3,6H,4-5,9H2,1H3,(H,10,11). The van der Waals surface area contributed by atoms with E-state index in [1.165, 1.54) is 0 Å². The maximum atomic E-state index is 5.47. The average Bonchev–Trinajstić information content (AvgIpc) is 2.09. The minimum absolute atomic E-state index is 0.673. The molecule has 4 nitrogen and oxygen atoms in total. The third-order valence-electron chi connectivity index (χ3n) is 1.40. The van der Waals surface area contributed by atoms with Gasteiger partial charge < -0.3 is 15.8 Å². The maximum Gasteiger partial charge on any atom is 0.126 e. The molecule has 4 heteroatoms. The molecule has 0 aliphatic heterocycles. The van der Waals surface area contributed by atoms with Gasteiger partial charge in [0.05, 0.1) is 18.5 Å².